The Kier molecular flexibility index (Phi) is 6.24. The molecule has 3 heteroatoms. The summed E-state index contributed by atoms with van der Waals surface area (Å²) in [5.41, 5.74) is 0.288. The average molecular weight is 184 g/mol. The first-order valence-corrected chi connectivity index (χ1v) is 4.71. The van der Waals surface area contributed by atoms with E-state index in [-0.39, 0.29) is 11.6 Å². The molecule has 0 saturated heterocycles. The number of carbonyl (C=O) groups excluding carboxylic acids is 1. The molecule has 0 amide bonds. The zero-order chi connectivity index (χ0) is 10.3. The van der Waals surface area contributed by atoms with Gasteiger partial charge in [-0.15, -0.1) is 0 Å². The van der Waals surface area contributed by atoms with Crippen molar-refractivity contribution in [2.75, 3.05) is 6.54 Å². The van der Waals surface area contributed by atoms with E-state index in [4.69, 9.17) is 0 Å². The maximum Gasteiger partial charge on any atom is 0.0669 e. The number of hydrogen-bond donors (Lipinski definition) is 1. The monoisotopic (exact) mass is 184 g/mol. The van der Waals surface area contributed by atoms with Crippen molar-refractivity contribution in [1.82, 2.24) is 5.32 Å². The highest BCUT2D eigenvalue weighted by Crippen LogP contribution is 1.94. The molecule has 0 aliphatic rings. The maximum absolute atomic E-state index is 10.4. The number of rotatable bonds is 6. The van der Waals surface area contributed by atoms with Crippen molar-refractivity contribution in [3.63, 3.8) is 0 Å². The second-order valence-electron chi connectivity index (χ2n) is 3.23. The fourth-order valence-corrected chi connectivity index (χ4v) is 1.01. The van der Waals surface area contributed by atoms with Gasteiger partial charge < -0.3 is 15.2 Å². The molecule has 3 nitrogen and oxygen atoms in total. The van der Waals surface area contributed by atoms with E-state index in [1.807, 2.05) is 6.92 Å². The fraction of sp³-hybridized carbons (Fsp3) is 0.700. The van der Waals surface area contributed by atoms with E-state index in [1.165, 1.54) is 0 Å². The van der Waals surface area contributed by atoms with Crippen molar-refractivity contribution < 1.29 is 9.90 Å². The Morgan fingerprint density at radius 3 is 2.69 bits per heavy atom. The Hall–Kier alpha value is -0.830. The van der Waals surface area contributed by atoms with E-state index in [1.54, 1.807) is 13.0 Å². The molecule has 0 bridgehead atoms. The van der Waals surface area contributed by atoms with E-state index in [2.05, 4.69) is 12.2 Å². The first-order valence-electron chi connectivity index (χ1n) is 4.71. The zero-order valence-electron chi connectivity index (χ0n) is 8.59. The number of hydrogen-bond acceptors (Lipinski definition) is 3. The molecule has 0 aliphatic carbocycles. The zero-order valence-corrected chi connectivity index (χ0v) is 8.59. The summed E-state index contributed by atoms with van der Waals surface area (Å²) < 4.78 is 0. The normalized spacial score (nSPS) is 14.2. The molecule has 0 rings (SSSR count). The maximum atomic E-state index is 10.4. The Labute approximate surface area is 79.8 Å². The second kappa shape index (κ2) is 6.66. The highest BCUT2D eigenvalue weighted by Gasteiger charge is 1.97. The van der Waals surface area contributed by atoms with Gasteiger partial charge in [0.1, 0.15) is 0 Å². The first-order chi connectivity index (χ1) is 6.07. The van der Waals surface area contributed by atoms with Gasteiger partial charge in [0.15, 0.2) is 0 Å². The Bertz CT molecular complexity index is 187. The van der Waals surface area contributed by atoms with E-state index < -0.39 is 5.97 Å². The average Bonchev–Trinajstić information content (AvgIpc) is 2.04. The minimum Gasteiger partial charge on any atom is -0.545 e. The smallest absolute Gasteiger partial charge is 0.0669 e. The third-order valence-corrected chi connectivity index (χ3v) is 1.82. The molecule has 0 radical (unpaired) electrons. The van der Waals surface area contributed by atoms with Crippen LogP contribution in [0.1, 0.15) is 33.6 Å². The number of unbranched alkanes of at least 4 members (excludes halogenated alkanes) is 1. The van der Waals surface area contributed by atoms with E-state index in [9.17, 15) is 9.90 Å². The van der Waals surface area contributed by atoms with Crippen molar-refractivity contribution in [2.24, 2.45) is 0 Å². The predicted molar refractivity (Wildman–Crippen MR) is 51.1 cm³/mol. The minimum atomic E-state index is -1.09. The van der Waals surface area contributed by atoms with Crippen LogP contribution in [0.3, 0.4) is 0 Å². The van der Waals surface area contributed by atoms with Gasteiger partial charge in [-0.3, -0.25) is 0 Å². The van der Waals surface area contributed by atoms with Crippen LogP contribution >= 0.6 is 0 Å². The molecule has 1 atom stereocenters. The highest BCUT2D eigenvalue weighted by molar-refractivity contribution is 5.83. The summed E-state index contributed by atoms with van der Waals surface area (Å²) in [6.45, 7) is 6.53. The van der Waals surface area contributed by atoms with Crippen LogP contribution in [0.2, 0.25) is 0 Å². The number of carboxylic acid groups (broad SMARTS) is 1. The lowest BCUT2D eigenvalue weighted by molar-refractivity contribution is -0.299. The fourth-order valence-electron chi connectivity index (χ4n) is 1.01. The van der Waals surface area contributed by atoms with Crippen LogP contribution in [0.4, 0.5) is 0 Å². The van der Waals surface area contributed by atoms with Crippen LogP contribution in [-0.2, 0) is 4.79 Å². The third kappa shape index (κ3) is 6.34. The van der Waals surface area contributed by atoms with Crippen LogP contribution in [0.25, 0.3) is 0 Å². The second-order valence-corrected chi connectivity index (χ2v) is 3.23. The molecule has 0 aliphatic heterocycles. The number of carboxylic acids is 1. The summed E-state index contributed by atoms with van der Waals surface area (Å²) in [5.74, 6) is -1.09. The van der Waals surface area contributed by atoms with E-state index in [0.29, 0.717) is 0 Å². The Morgan fingerprint density at radius 1 is 1.62 bits per heavy atom. The van der Waals surface area contributed by atoms with Crippen molar-refractivity contribution in [1.29, 1.82) is 0 Å². The van der Waals surface area contributed by atoms with Gasteiger partial charge in [0.2, 0.25) is 0 Å². The van der Waals surface area contributed by atoms with Crippen molar-refractivity contribution >= 4 is 5.97 Å². The topological polar surface area (TPSA) is 52.2 Å². The van der Waals surface area contributed by atoms with E-state index in [0.717, 1.165) is 19.4 Å². The van der Waals surface area contributed by atoms with Crippen LogP contribution in [-0.4, -0.2) is 18.6 Å². The number of nitrogens with one attached hydrogen (secondary N) is 1. The quantitative estimate of drug-likeness (QED) is 0.482. The van der Waals surface area contributed by atoms with Crippen LogP contribution in [0.5, 0.6) is 0 Å². The number of carbonyl (C=O) groups is 1. The standard InChI is InChI=1S/C10H19NO2/c1-4-5-6-11-9(3)7-8(2)10(12)13/h7,9,11H,4-6H2,1-3H3,(H,12,13)/p-1/b8-7+. The SMILES string of the molecule is CCCCNC(C)/C=C(\C)C(=O)[O-]. The Balaban J connectivity index is 3.78. The molecule has 0 spiro atoms. The van der Waals surface area contributed by atoms with Crippen LogP contribution in [0, 0.1) is 0 Å². The summed E-state index contributed by atoms with van der Waals surface area (Å²) >= 11 is 0. The van der Waals surface area contributed by atoms with Gasteiger partial charge in [-0.1, -0.05) is 19.4 Å². The lowest BCUT2D eigenvalue weighted by atomic mass is 10.2. The third-order valence-electron chi connectivity index (χ3n) is 1.82. The Morgan fingerprint density at radius 2 is 2.23 bits per heavy atom. The summed E-state index contributed by atoms with van der Waals surface area (Å²) in [7, 11) is 0. The van der Waals surface area contributed by atoms with Crippen molar-refractivity contribution in [2.45, 2.75) is 39.7 Å². The molecule has 0 saturated carbocycles. The summed E-state index contributed by atoms with van der Waals surface area (Å²) in [4.78, 5) is 10.4. The molecule has 76 valence electrons. The summed E-state index contributed by atoms with van der Waals surface area (Å²) in [6.07, 6.45) is 3.93. The first kappa shape index (κ1) is 12.2. The van der Waals surface area contributed by atoms with E-state index >= 15 is 0 Å². The van der Waals surface area contributed by atoms with Gasteiger partial charge in [0, 0.05) is 6.04 Å². The van der Waals surface area contributed by atoms with Gasteiger partial charge in [0.25, 0.3) is 0 Å². The molecule has 1 unspecified atom stereocenters. The molecular formula is C10H18NO2-. The molecular weight excluding hydrogens is 166 g/mol. The van der Waals surface area contributed by atoms with Gasteiger partial charge in [0.05, 0.1) is 5.97 Å². The van der Waals surface area contributed by atoms with Gasteiger partial charge in [-0.2, -0.15) is 0 Å². The molecule has 0 aromatic rings. The molecule has 1 N–H and O–H groups in total. The molecule has 13 heavy (non-hydrogen) atoms. The molecule has 0 heterocycles. The lowest BCUT2D eigenvalue weighted by Crippen LogP contribution is -2.28. The minimum absolute atomic E-state index is 0.101. The molecule has 0 fully saturated rings. The predicted octanol–water partition coefficient (Wildman–Crippen LogP) is 0.461. The van der Waals surface area contributed by atoms with Crippen LogP contribution < -0.4 is 10.4 Å². The highest BCUT2D eigenvalue weighted by atomic mass is 16.4. The summed E-state index contributed by atoms with van der Waals surface area (Å²) in [5, 5.41) is 13.6. The van der Waals surface area contributed by atoms with Crippen molar-refractivity contribution in [3.05, 3.63) is 11.6 Å². The lowest BCUT2D eigenvalue weighted by Gasteiger charge is -2.11. The molecule has 0 aromatic heterocycles. The molecule has 0 aromatic carbocycles. The van der Waals surface area contributed by atoms with Crippen LogP contribution in [0.15, 0.2) is 11.6 Å². The van der Waals surface area contributed by atoms with Crippen molar-refractivity contribution in [3.8, 4) is 0 Å². The largest absolute Gasteiger partial charge is 0.545 e. The van der Waals surface area contributed by atoms with Gasteiger partial charge >= 0.3 is 0 Å². The van der Waals surface area contributed by atoms with Gasteiger partial charge in [-0.05, 0) is 32.4 Å². The number of aliphatic carboxylic acids is 1. The van der Waals surface area contributed by atoms with Gasteiger partial charge in [-0.25, -0.2) is 0 Å². The summed E-state index contributed by atoms with van der Waals surface area (Å²) in [6, 6.07) is 0.101.